The molecule has 1 saturated heterocycles. The lowest BCUT2D eigenvalue weighted by atomic mass is 9.62. The number of ketones is 2. The normalized spacial score (nSPS) is 26.7. The van der Waals surface area contributed by atoms with Gasteiger partial charge in [0.25, 0.3) is 11.5 Å². The van der Waals surface area contributed by atoms with Crippen LogP contribution in [-0.4, -0.2) is 58.6 Å². The van der Waals surface area contributed by atoms with Crippen molar-refractivity contribution < 1.29 is 19.1 Å². The van der Waals surface area contributed by atoms with Crippen molar-refractivity contribution in [2.24, 2.45) is 11.1 Å². The van der Waals surface area contributed by atoms with Gasteiger partial charge in [-0.25, -0.2) is 4.98 Å². The third-order valence-electron chi connectivity index (χ3n) is 6.37. The summed E-state index contributed by atoms with van der Waals surface area (Å²) in [5, 5.41) is 0. The van der Waals surface area contributed by atoms with E-state index in [9.17, 15) is 19.2 Å². The van der Waals surface area contributed by atoms with Crippen molar-refractivity contribution in [1.82, 2.24) is 14.9 Å². The van der Waals surface area contributed by atoms with Gasteiger partial charge in [0.05, 0.1) is 24.3 Å². The Bertz CT molecular complexity index is 972. The van der Waals surface area contributed by atoms with Crippen LogP contribution in [0.5, 0.6) is 0 Å². The number of aromatic amines is 1. The molecule has 0 aromatic carbocycles. The first-order chi connectivity index (χ1) is 14.4. The average molecular weight is 414 g/mol. The maximum Gasteiger partial charge on any atom is 0.272 e. The summed E-state index contributed by atoms with van der Waals surface area (Å²) >= 11 is 0. The smallest absolute Gasteiger partial charge is 0.272 e. The number of morpholine rings is 1. The zero-order valence-corrected chi connectivity index (χ0v) is 16.9. The molecule has 9 nitrogen and oxygen atoms in total. The summed E-state index contributed by atoms with van der Waals surface area (Å²) in [7, 11) is 0. The molecule has 3 fully saturated rings. The highest BCUT2D eigenvalue weighted by Crippen LogP contribution is 2.45. The first-order valence-corrected chi connectivity index (χ1v) is 10.5. The van der Waals surface area contributed by atoms with Crippen LogP contribution >= 0.6 is 0 Å². The molecular weight excluding hydrogens is 388 g/mol. The van der Waals surface area contributed by atoms with E-state index in [-0.39, 0.29) is 34.7 Å². The maximum absolute atomic E-state index is 13.3. The van der Waals surface area contributed by atoms with E-state index in [1.54, 1.807) is 4.90 Å². The summed E-state index contributed by atoms with van der Waals surface area (Å²) in [6.45, 7) is 1.70. The van der Waals surface area contributed by atoms with Crippen molar-refractivity contribution in [2.45, 2.75) is 44.9 Å². The number of nitrogens with one attached hydrogen (secondary N) is 1. The second-order valence-corrected chi connectivity index (χ2v) is 8.17. The van der Waals surface area contributed by atoms with Crippen molar-refractivity contribution in [3.05, 3.63) is 33.5 Å². The van der Waals surface area contributed by atoms with Crippen LogP contribution in [0.2, 0.25) is 0 Å². The van der Waals surface area contributed by atoms with Gasteiger partial charge >= 0.3 is 0 Å². The van der Waals surface area contributed by atoms with Crippen LogP contribution in [0.1, 0.15) is 61.3 Å². The van der Waals surface area contributed by atoms with Gasteiger partial charge in [0.15, 0.2) is 11.6 Å². The van der Waals surface area contributed by atoms with Crippen molar-refractivity contribution in [3.63, 3.8) is 0 Å². The van der Waals surface area contributed by atoms with E-state index in [0.717, 1.165) is 18.9 Å². The first kappa shape index (κ1) is 20.5. The number of nitrogens with two attached hydrogens (primary N) is 1. The highest BCUT2D eigenvalue weighted by molar-refractivity contribution is 6.17. The minimum Gasteiger partial charge on any atom is -0.395 e. The first-order valence-electron chi connectivity index (χ1n) is 10.5. The molecule has 1 spiro atoms. The van der Waals surface area contributed by atoms with Crippen LogP contribution in [0.15, 0.2) is 16.4 Å². The lowest BCUT2D eigenvalue weighted by Crippen LogP contribution is -2.45. The van der Waals surface area contributed by atoms with Crippen LogP contribution in [0.3, 0.4) is 0 Å². The third kappa shape index (κ3) is 3.58. The number of carbonyl (C=O) groups is 3. The summed E-state index contributed by atoms with van der Waals surface area (Å²) in [4.78, 5) is 59.3. The van der Waals surface area contributed by atoms with E-state index in [0.29, 0.717) is 64.0 Å². The fourth-order valence-electron chi connectivity index (χ4n) is 4.70. The van der Waals surface area contributed by atoms with E-state index < -0.39 is 11.0 Å². The van der Waals surface area contributed by atoms with Crippen LogP contribution < -0.4 is 11.3 Å². The topological polar surface area (TPSA) is 135 Å². The molecule has 2 aliphatic carbocycles. The Morgan fingerprint density at radius 3 is 2.57 bits per heavy atom. The van der Waals surface area contributed by atoms with Crippen LogP contribution in [0.25, 0.3) is 5.70 Å². The fourth-order valence-corrected chi connectivity index (χ4v) is 4.70. The van der Waals surface area contributed by atoms with E-state index in [2.05, 4.69) is 9.97 Å². The average Bonchev–Trinajstić information content (AvgIpc) is 2.76. The minimum absolute atomic E-state index is 0.00256. The van der Waals surface area contributed by atoms with E-state index in [1.165, 1.54) is 0 Å². The van der Waals surface area contributed by atoms with Crippen LogP contribution in [0, 0.1) is 5.41 Å². The van der Waals surface area contributed by atoms with Crippen LogP contribution in [-0.2, 0) is 14.3 Å². The molecule has 2 saturated carbocycles. The predicted molar refractivity (Wildman–Crippen MR) is 107 cm³/mol. The number of Topliss-reactive ketones (excluding diaryl/α,β-unsaturated/α-hetero) is 2. The molecule has 3 N–H and O–H groups in total. The molecule has 2 heterocycles. The number of allylic oxidation sites excluding steroid dienone is 1. The number of amides is 1. The van der Waals surface area contributed by atoms with Gasteiger partial charge in [0, 0.05) is 31.1 Å². The molecule has 0 bridgehead atoms. The molecular formula is C21H26N4O5. The molecule has 1 amide bonds. The van der Waals surface area contributed by atoms with Gasteiger partial charge in [-0.1, -0.05) is 6.42 Å². The van der Waals surface area contributed by atoms with Crippen molar-refractivity contribution in [3.8, 4) is 0 Å². The molecule has 9 heteroatoms. The number of nitrogens with zero attached hydrogens (tertiary/aromatic N) is 2. The SMILES string of the molecule is N/C(=C1/CCC[C@@]2(CCCCC2=O)C1=O)c1nc(C(=O)N2CCOCC2)cc(=O)[nH]1. The zero-order chi connectivity index (χ0) is 21.3. The minimum atomic E-state index is -0.988. The molecule has 30 heavy (non-hydrogen) atoms. The second kappa shape index (κ2) is 8.14. The largest absolute Gasteiger partial charge is 0.395 e. The predicted octanol–water partition coefficient (Wildman–Crippen LogP) is 0.795. The lowest BCUT2D eigenvalue weighted by Gasteiger charge is -2.38. The highest BCUT2D eigenvalue weighted by Gasteiger charge is 2.49. The van der Waals surface area contributed by atoms with Gasteiger partial charge in [-0.3, -0.25) is 19.2 Å². The third-order valence-corrected chi connectivity index (χ3v) is 6.37. The van der Waals surface area contributed by atoms with Gasteiger partial charge in [-0.2, -0.15) is 0 Å². The molecule has 4 rings (SSSR count). The molecule has 0 radical (unpaired) electrons. The summed E-state index contributed by atoms with van der Waals surface area (Å²) in [5.41, 5.74) is 5.13. The van der Waals surface area contributed by atoms with Crippen molar-refractivity contribution in [2.75, 3.05) is 26.3 Å². The molecule has 0 unspecified atom stereocenters. The quantitative estimate of drug-likeness (QED) is 0.539. The van der Waals surface area contributed by atoms with Gasteiger partial charge in [0.2, 0.25) is 0 Å². The monoisotopic (exact) mass is 414 g/mol. The summed E-state index contributed by atoms with van der Waals surface area (Å²) in [6, 6.07) is 1.13. The van der Waals surface area contributed by atoms with E-state index >= 15 is 0 Å². The second-order valence-electron chi connectivity index (χ2n) is 8.17. The summed E-state index contributed by atoms with van der Waals surface area (Å²) in [6.07, 6.45) is 4.24. The Morgan fingerprint density at radius 2 is 1.83 bits per heavy atom. The number of ether oxygens (including phenoxy) is 1. The Kier molecular flexibility index (Phi) is 5.55. The summed E-state index contributed by atoms with van der Waals surface area (Å²) in [5.74, 6) is -0.634. The molecule has 1 aromatic heterocycles. The van der Waals surface area contributed by atoms with Crippen LogP contribution in [0.4, 0.5) is 0 Å². The van der Waals surface area contributed by atoms with Crippen molar-refractivity contribution in [1.29, 1.82) is 0 Å². The van der Waals surface area contributed by atoms with Gasteiger partial charge in [-0.15, -0.1) is 0 Å². The zero-order valence-electron chi connectivity index (χ0n) is 16.9. The number of aromatic nitrogens is 2. The molecule has 1 atom stereocenters. The fraction of sp³-hybridized carbons (Fsp3) is 0.571. The Labute approximate surface area is 173 Å². The Morgan fingerprint density at radius 1 is 1.10 bits per heavy atom. The Hall–Kier alpha value is -2.81. The number of rotatable bonds is 2. The molecule has 160 valence electrons. The van der Waals surface area contributed by atoms with Gasteiger partial charge < -0.3 is 20.4 Å². The molecule has 1 aliphatic heterocycles. The Balaban J connectivity index is 1.69. The van der Waals surface area contributed by atoms with Gasteiger partial charge in [0.1, 0.15) is 11.5 Å². The molecule has 1 aromatic rings. The van der Waals surface area contributed by atoms with Gasteiger partial charge in [-0.05, 0) is 32.1 Å². The van der Waals surface area contributed by atoms with Crippen molar-refractivity contribution >= 4 is 23.2 Å². The number of hydrogen-bond acceptors (Lipinski definition) is 7. The number of H-pyrrole nitrogens is 1. The van der Waals surface area contributed by atoms with E-state index in [1.807, 2.05) is 0 Å². The molecule has 3 aliphatic rings. The summed E-state index contributed by atoms with van der Waals surface area (Å²) < 4.78 is 5.25. The number of carbonyl (C=O) groups excluding carboxylic acids is 3. The number of hydrogen-bond donors (Lipinski definition) is 2. The van der Waals surface area contributed by atoms with E-state index in [4.69, 9.17) is 10.5 Å². The lowest BCUT2D eigenvalue weighted by molar-refractivity contribution is -0.143. The highest BCUT2D eigenvalue weighted by atomic mass is 16.5. The standard InChI is InChI=1S/C21H26N4O5/c22-17(13-4-3-7-21(18(13)28)6-2-1-5-15(21)26)19-23-14(12-16(27)24-19)20(29)25-8-10-30-11-9-25/h12H,1-11,22H2,(H,23,24,27)/b17-13-/t21-/m1/s1. The maximum atomic E-state index is 13.3.